The summed E-state index contributed by atoms with van der Waals surface area (Å²) in [5, 5.41) is 6.05. The molecule has 2 heterocycles. The fraction of sp³-hybridized carbons (Fsp3) is 0.250. The molecule has 0 saturated heterocycles. The molecule has 1 aliphatic heterocycles. The van der Waals surface area contributed by atoms with Crippen LogP contribution in [0.1, 0.15) is 21.6 Å². The number of nitrogens with one attached hydrogen (secondary N) is 2. The number of amides is 1. The second kappa shape index (κ2) is 5.44. The van der Waals surface area contributed by atoms with E-state index in [4.69, 9.17) is 4.74 Å². The molecule has 2 aromatic rings. The predicted molar refractivity (Wildman–Crippen MR) is 82.1 cm³/mol. The first kappa shape index (κ1) is 13.4. The van der Waals surface area contributed by atoms with Crippen LogP contribution >= 0.6 is 0 Å². The highest BCUT2D eigenvalue weighted by Crippen LogP contribution is 2.31. The number of ether oxygens (including phenoxy) is 1. The van der Waals surface area contributed by atoms with Crippen molar-refractivity contribution in [2.24, 2.45) is 0 Å². The molecule has 1 amide bonds. The zero-order chi connectivity index (χ0) is 14.8. The van der Waals surface area contributed by atoms with Crippen LogP contribution in [0.25, 0.3) is 0 Å². The minimum atomic E-state index is -0.215. The molecule has 1 aliphatic rings. The molecule has 0 aliphatic carbocycles. The van der Waals surface area contributed by atoms with E-state index in [0.717, 1.165) is 23.5 Å². The largest absolute Gasteiger partial charge is 0.489 e. The summed E-state index contributed by atoms with van der Waals surface area (Å²) in [7, 11) is 0. The fourth-order valence-corrected chi connectivity index (χ4v) is 2.44. The van der Waals surface area contributed by atoms with Gasteiger partial charge in [0.1, 0.15) is 12.4 Å². The maximum absolute atomic E-state index is 12.4. The molecule has 0 atom stereocenters. The second-order valence-corrected chi connectivity index (χ2v) is 5.08. The molecule has 0 radical (unpaired) electrons. The normalized spacial score (nSPS) is 12.9. The molecule has 0 bridgehead atoms. The topological polar surface area (TPSA) is 63.2 Å². The number of rotatable bonds is 2. The van der Waals surface area contributed by atoms with Crippen LogP contribution in [0.15, 0.2) is 30.3 Å². The Balaban J connectivity index is 1.89. The molecule has 0 unspecified atom stereocenters. The fourth-order valence-electron chi connectivity index (χ4n) is 2.44. The first-order chi connectivity index (χ1) is 10.1. The first-order valence-electron chi connectivity index (χ1n) is 6.90. The van der Waals surface area contributed by atoms with E-state index in [0.29, 0.717) is 23.7 Å². The van der Waals surface area contributed by atoms with Gasteiger partial charge in [0.05, 0.1) is 11.3 Å². The number of carbonyl (C=O) groups excluding carboxylic acids is 1. The Morgan fingerprint density at radius 1 is 1.33 bits per heavy atom. The highest BCUT2D eigenvalue weighted by molar-refractivity contribution is 6.07. The van der Waals surface area contributed by atoms with E-state index in [1.54, 1.807) is 6.07 Å². The molecule has 108 valence electrons. The maximum atomic E-state index is 12.4. The van der Waals surface area contributed by atoms with Crippen molar-refractivity contribution in [3.05, 3.63) is 47.2 Å². The van der Waals surface area contributed by atoms with E-state index in [1.165, 1.54) is 0 Å². The van der Waals surface area contributed by atoms with Gasteiger partial charge in [-0.05, 0) is 43.7 Å². The van der Waals surface area contributed by atoms with Crippen LogP contribution in [-0.2, 0) is 0 Å². The average molecular weight is 283 g/mol. The molecule has 2 N–H and O–H groups in total. The molecular weight excluding hydrogens is 266 g/mol. The molecule has 1 aromatic heterocycles. The summed E-state index contributed by atoms with van der Waals surface area (Å²) in [5.41, 5.74) is 3.30. The van der Waals surface area contributed by atoms with Crippen molar-refractivity contribution >= 4 is 17.4 Å². The number of aryl methyl sites for hydroxylation is 2. The van der Waals surface area contributed by atoms with Gasteiger partial charge in [-0.15, -0.1) is 0 Å². The predicted octanol–water partition coefficient (Wildman–Crippen LogP) is 2.76. The van der Waals surface area contributed by atoms with Gasteiger partial charge in [-0.2, -0.15) is 0 Å². The summed E-state index contributed by atoms with van der Waals surface area (Å²) in [6.45, 7) is 5.18. The van der Waals surface area contributed by atoms with Crippen molar-refractivity contribution in [1.82, 2.24) is 4.98 Å². The van der Waals surface area contributed by atoms with Crippen molar-refractivity contribution in [2.45, 2.75) is 13.8 Å². The van der Waals surface area contributed by atoms with E-state index in [-0.39, 0.29) is 5.91 Å². The van der Waals surface area contributed by atoms with Crippen molar-refractivity contribution < 1.29 is 9.53 Å². The van der Waals surface area contributed by atoms with Gasteiger partial charge in [-0.1, -0.05) is 6.07 Å². The summed E-state index contributed by atoms with van der Waals surface area (Å²) < 4.78 is 5.62. The number of fused-ring (bicyclic) bond motifs is 1. The number of pyridine rings is 1. The standard InChI is InChI=1S/C16H17N3O2/c1-10-8-11(2)18-14(9-10)19-16(20)12-4-3-5-13-15(12)21-7-6-17-13/h3-5,8-9,17H,6-7H2,1-2H3,(H,18,19,20). The summed E-state index contributed by atoms with van der Waals surface area (Å²) in [6.07, 6.45) is 0. The van der Waals surface area contributed by atoms with Gasteiger partial charge in [0, 0.05) is 12.2 Å². The summed E-state index contributed by atoms with van der Waals surface area (Å²) in [6, 6.07) is 9.31. The lowest BCUT2D eigenvalue weighted by Crippen LogP contribution is -2.22. The molecule has 1 aromatic carbocycles. The van der Waals surface area contributed by atoms with Crippen LogP contribution in [0.4, 0.5) is 11.5 Å². The lowest BCUT2D eigenvalue weighted by atomic mass is 10.1. The van der Waals surface area contributed by atoms with E-state index in [9.17, 15) is 4.79 Å². The Hall–Kier alpha value is -2.56. The van der Waals surface area contributed by atoms with Gasteiger partial charge in [0.25, 0.3) is 5.91 Å². The number of aromatic nitrogens is 1. The average Bonchev–Trinajstić information content (AvgIpc) is 2.45. The lowest BCUT2D eigenvalue weighted by molar-refractivity contribution is 0.102. The number of hydrogen-bond acceptors (Lipinski definition) is 4. The van der Waals surface area contributed by atoms with Crippen LogP contribution in [0.2, 0.25) is 0 Å². The van der Waals surface area contributed by atoms with Gasteiger partial charge in [0.15, 0.2) is 5.75 Å². The Kier molecular flexibility index (Phi) is 3.48. The SMILES string of the molecule is Cc1cc(C)nc(NC(=O)c2cccc3c2OCCN3)c1. The van der Waals surface area contributed by atoms with Gasteiger partial charge in [-0.3, -0.25) is 4.79 Å². The number of nitrogens with zero attached hydrogens (tertiary/aromatic N) is 1. The van der Waals surface area contributed by atoms with Crippen molar-refractivity contribution in [1.29, 1.82) is 0 Å². The van der Waals surface area contributed by atoms with Crippen molar-refractivity contribution in [2.75, 3.05) is 23.8 Å². The number of para-hydroxylation sites is 1. The van der Waals surface area contributed by atoms with Crippen LogP contribution < -0.4 is 15.4 Å². The smallest absolute Gasteiger partial charge is 0.260 e. The van der Waals surface area contributed by atoms with Crippen molar-refractivity contribution in [3.8, 4) is 5.75 Å². The minimum absolute atomic E-state index is 0.215. The van der Waals surface area contributed by atoms with E-state index in [1.807, 2.05) is 38.1 Å². The number of hydrogen-bond donors (Lipinski definition) is 2. The minimum Gasteiger partial charge on any atom is -0.489 e. The van der Waals surface area contributed by atoms with Gasteiger partial charge in [0.2, 0.25) is 0 Å². The van der Waals surface area contributed by atoms with Gasteiger partial charge < -0.3 is 15.4 Å². The molecular formula is C16H17N3O2. The molecule has 0 fully saturated rings. The van der Waals surface area contributed by atoms with Gasteiger partial charge >= 0.3 is 0 Å². The Morgan fingerprint density at radius 3 is 3.00 bits per heavy atom. The van der Waals surface area contributed by atoms with Crippen LogP contribution in [0.3, 0.4) is 0 Å². The van der Waals surface area contributed by atoms with Gasteiger partial charge in [-0.25, -0.2) is 4.98 Å². The summed E-state index contributed by atoms with van der Waals surface area (Å²) in [5.74, 6) is 0.942. The monoisotopic (exact) mass is 283 g/mol. The van der Waals surface area contributed by atoms with Crippen LogP contribution in [0, 0.1) is 13.8 Å². The Bertz CT molecular complexity index is 678. The highest BCUT2D eigenvalue weighted by Gasteiger charge is 2.19. The quantitative estimate of drug-likeness (QED) is 0.889. The third-order valence-corrected chi connectivity index (χ3v) is 3.26. The van der Waals surface area contributed by atoms with Crippen molar-refractivity contribution in [3.63, 3.8) is 0 Å². The molecule has 21 heavy (non-hydrogen) atoms. The maximum Gasteiger partial charge on any atom is 0.260 e. The zero-order valence-corrected chi connectivity index (χ0v) is 12.1. The third kappa shape index (κ3) is 2.81. The molecule has 3 rings (SSSR count). The molecule has 5 heteroatoms. The van der Waals surface area contributed by atoms with E-state index >= 15 is 0 Å². The zero-order valence-electron chi connectivity index (χ0n) is 12.1. The first-order valence-corrected chi connectivity index (χ1v) is 6.90. The van der Waals surface area contributed by atoms with Crippen LogP contribution in [-0.4, -0.2) is 24.0 Å². The lowest BCUT2D eigenvalue weighted by Gasteiger charge is -2.21. The summed E-state index contributed by atoms with van der Waals surface area (Å²) in [4.78, 5) is 16.8. The second-order valence-electron chi connectivity index (χ2n) is 5.08. The Labute approximate surface area is 123 Å². The van der Waals surface area contributed by atoms with Crippen LogP contribution in [0.5, 0.6) is 5.75 Å². The summed E-state index contributed by atoms with van der Waals surface area (Å²) >= 11 is 0. The number of benzene rings is 1. The number of anilines is 2. The van der Waals surface area contributed by atoms with E-state index < -0.39 is 0 Å². The molecule has 0 saturated carbocycles. The highest BCUT2D eigenvalue weighted by atomic mass is 16.5. The Morgan fingerprint density at radius 2 is 2.19 bits per heavy atom. The van der Waals surface area contributed by atoms with E-state index in [2.05, 4.69) is 15.6 Å². The molecule has 5 nitrogen and oxygen atoms in total. The molecule has 0 spiro atoms. The number of carbonyl (C=O) groups is 1. The third-order valence-electron chi connectivity index (χ3n) is 3.26.